The van der Waals surface area contributed by atoms with Gasteiger partial charge in [0.25, 0.3) is 0 Å². The molecule has 0 fully saturated rings. The Morgan fingerprint density at radius 1 is 1.00 bits per heavy atom. The molecule has 1 atom stereocenters. The Morgan fingerprint density at radius 2 is 1.53 bits per heavy atom. The summed E-state index contributed by atoms with van der Waals surface area (Å²) in [5.74, 6) is 0. The maximum absolute atomic E-state index is 10.8. The van der Waals surface area contributed by atoms with Crippen molar-refractivity contribution in [2.45, 2.75) is 32.8 Å². The third-order valence-corrected chi connectivity index (χ3v) is 4.35. The Morgan fingerprint density at radius 3 is 2.05 bits per heavy atom. The fraction of sp³-hybridized carbons (Fsp3) is 0.294. The zero-order valence-electron chi connectivity index (χ0n) is 11.6. The predicted molar refractivity (Wildman–Crippen MR) is 88.3 cm³/mol. The number of hydrogen-bond donors (Lipinski definition) is 1. The largest absolute Gasteiger partial charge is 0.385 e. The van der Waals surface area contributed by atoms with Gasteiger partial charge in [0.05, 0.1) is 5.60 Å². The first-order valence-electron chi connectivity index (χ1n) is 6.44. The molecule has 0 aliphatic rings. The smallest absolute Gasteiger partial charge is 0.0908 e. The van der Waals surface area contributed by atoms with Crippen LogP contribution in [0.4, 0.5) is 0 Å². The summed E-state index contributed by atoms with van der Waals surface area (Å²) in [6.45, 7) is 6.10. The van der Waals surface area contributed by atoms with E-state index in [-0.39, 0.29) is 0 Å². The lowest BCUT2D eigenvalue weighted by atomic mass is 9.86. The summed E-state index contributed by atoms with van der Waals surface area (Å²) in [6, 6.07) is 14.4. The van der Waals surface area contributed by atoms with E-state index in [0.717, 1.165) is 5.56 Å². The highest BCUT2D eigenvalue weighted by Gasteiger charge is 2.24. The second kappa shape index (κ2) is 5.63. The number of hydrogen-bond acceptors (Lipinski definition) is 1. The van der Waals surface area contributed by atoms with Gasteiger partial charge in [0.2, 0.25) is 0 Å². The summed E-state index contributed by atoms with van der Waals surface area (Å²) >= 11 is 2.28. The van der Waals surface area contributed by atoms with Crippen molar-refractivity contribution in [3.63, 3.8) is 0 Å². The van der Waals surface area contributed by atoms with E-state index in [0.29, 0.717) is 6.42 Å². The molecule has 2 heteroatoms. The molecule has 0 amide bonds. The molecule has 1 unspecified atom stereocenters. The van der Waals surface area contributed by atoms with Gasteiger partial charge in [-0.3, -0.25) is 0 Å². The van der Waals surface area contributed by atoms with Crippen molar-refractivity contribution in [2.24, 2.45) is 0 Å². The lowest BCUT2D eigenvalue weighted by Crippen LogP contribution is -2.25. The van der Waals surface area contributed by atoms with Crippen molar-refractivity contribution in [2.75, 3.05) is 0 Å². The van der Waals surface area contributed by atoms with Crippen molar-refractivity contribution in [1.82, 2.24) is 0 Å². The zero-order chi connectivity index (χ0) is 14.0. The van der Waals surface area contributed by atoms with Crippen LogP contribution in [0.2, 0.25) is 0 Å². The van der Waals surface area contributed by atoms with Crippen LogP contribution in [0.5, 0.6) is 0 Å². The Bertz CT molecular complexity index is 550. The maximum Gasteiger partial charge on any atom is 0.0908 e. The molecule has 2 rings (SSSR count). The quantitative estimate of drug-likeness (QED) is 0.801. The highest BCUT2D eigenvalue weighted by Crippen LogP contribution is 2.28. The number of aliphatic hydroxyl groups is 1. The van der Waals surface area contributed by atoms with Crippen molar-refractivity contribution >= 4 is 22.6 Å². The maximum atomic E-state index is 10.8. The van der Waals surface area contributed by atoms with Gasteiger partial charge in [-0.1, -0.05) is 30.3 Å². The first kappa shape index (κ1) is 14.5. The molecule has 0 spiro atoms. The normalized spacial score (nSPS) is 14.2. The fourth-order valence-electron chi connectivity index (χ4n) is 2.38. The first-order chi connectivity index (χ1) is 8.90. The minimum absolute atomic E-state index is 0.645. The van der Waals surface area contributed by atoms with E-state index in [1.54, 1.807) is 0 Å². The van der Waals surface area contributed by atoms with Crippen LogP contribution in [0.3, 0.4) is 0 Å². The molecule has 2 aromatic rings. The van der Waals surface area contributed by atoms with Gasteiger partial charge in [-0.25, -0.2) is 0 Å². The molecular formula is C17H19IO. The van der Waals surface area contributed by atoms with Crippen LogP contribution in [0, 0.1) is 17.4 Å². The van der Waals surface area contributed by atoms with E-state index in [2.05, 4.69) is 54.6 Å². The topological polar surface area (TPSA) is 20.2 Å². The summed E-state index contributed by atoms with van der Waals surface area (Å²) in [7, 11) is 0. The van der Waals surface area contributed by atoms with Gasteiger partial charge in [0, 0.05) is 9.99 Å². The monoisotopic (exact) mass is 366 g/mol. The molecule has 2 aromatic carbocycles. The molecule has 0 aliphatic heterocycles. The molecule has 100 valence electrons. The van der Waals surface area contributed by atoms with Crippen LogP contribution in [0.1, 0.15) is 29.2 Å². The van der Waals surface area contributed by atoms with E-state index in [1.165, 1.54) is 20.3 Å². The van der Waals surface area contributed by atoms with E-state index < -0.39 is 5.60 Å². The lowest BCUT2D eigenvalue weighted by molar-refractivity contribution is 0.0573. The van der Waals surface area contributed by atoms with Crippen LogP contribution >= 0.6 is 22.6 Å². The fourth-order valence-corrected chi connectivity index (χ4v) is 2.74. The first-order valence-corrected chi connectivity index (χ1v) is 7.51. The average Bonchev–Trinajstić information content (AvgIpc) is 2.35. The van der Waals surface area contributed by atoms with Gasteiger partial charge in [-0.2, -0.15) is 0 Å². The van der Waals surface area contributed by atoms with Crippen LogP contribution in [0.25, 0.3) is 0 Å². The average molecular weight is 366 g/mol. The second-order valence-electron chi connectivity index (χ2n) is 5.33. The van der Waals surface area contributed by atoms with Crippen molar-refractivity contribution in [3.05, 3.63) is 68.3 Å². The van der Waals surface area contributed by atoms with Gasteiger partial charge in [-0.15, -0.1) is 0 Å². The molecule has 0 aliphatic carbocycles. The Labute approximate surface area is 128 Å². The van der Waals surface area contributed by atoms with E-state index in [9.17, 15) is 5.11 Å². The molecule has 1 N–H and O–H groups in total. The summed E-state index contributed by atoms with van der Waals surface area (Å²) in [4.78, 5) is 0. The van der Waals surface area contributed by atoms with Crippen LogP contribution in [-0.2, 0) is 12.0 Å². The molecule has 0 bridgehead atoms. The Balaban J connectivity index is 2.33. The van der Waals surface area contributed by atoms with E-state index in [4.69, 9.17) is 0 Å². The van der Waals surface area contributed by atoms with Crippen LogP contribution in [0.15, 0.2) is 42.5 Å². The van der Waals surface area contributed by atoms with Crippen molar-refractivity contribution in [1.29, 1.82) is 0 Å². The lowest BCUT2D eigenvalue weighted by Gasteiger charge is -2.26. The molecule has 0 aromatic heterocycles. The van der Waals surface area contributed by atoms with E-state index in [1.807, 2.05) is 31.2 Å². The van der Waals surface area contributed by atoms with E-state index >= 15 is 0 Å². The summed E-state index contributed by atoms with van der Waals surface area (Å²) in [6.07, 6.45) is 0.645. The molecule has 19 heavy (non-hydrogen) atoms. The molecule has 0 saturated heterocycles. The zero-order valence-corrected chi connectivity index (χ0v) is 13.7. The van der Waals surface area contributed by atoms with Crippen molar-refractivity contribution in [3.8, 4) is 0 Å². The third kappa shape index (κ3) is 3.37. The van der Waals surface area contributed by atoms with Gasteiger partial charge >= 0.3 is 0 Å². The molecule has 1 nitrogen and oxygen atoms in total. The molecular weight excluding hydrogens is 347 g/mol. The van der Waals surface area contributed by atoms with Crippen LogP contribution < -0.4 is 0 Å². The Kier molecular flexibility index (Phi) is 4.31. The summed E-state index contributed by atoms with van der Waals surface area (Å²) in [5.41, 5.74) is 3.86. The third-order valence-electron chi connectivity index (χ3n) is 3.63. The standard InChI is InChI=1S/C17H19IO/c1-12-5-4-6-13(2)16(12)11-17(3,19)14-7-9-15(18)10-8-14/h4-10,19H,11H2,1-3H3. The number of aryl methyl sites for hydroxylation is 2. The molecule has 0 radical (unpaired) electrons. The number of halogens is 1. The molecule has 0 heterocycles. The van der Waals surface area contributed by atoms with Gasteiger partial charge in [-0.05, 0) is 77.7 Å². The van der Waals surface area contributed by atoms with Gasteiger partial charge in [0.1, 0.15) is 0 Å². The molecule has 0 saturated carbocycles. The number of benzene rings is 2. The predicted octanol–water partition coefficient (Wildman–Crippen LogP) is 4.36. The minimum Gasteiger partial charge on any atom is -0.385 e. The van der Waals surface area contributed by atoms with Crippen molar-refractivity contribution < 1.29 is 5.11 Å². The second-order valence-corrected chi connectivity index (χ2v) is 6.57. The SMILES string of the molecule is Cc1cccc(C)c1CC(C)(O)c1ccc(I)cc1. The number of rotatable bonds is 3. The van der Waals surface area contributed by atoms with Crippen LogP contribution in [-0.4, -0.2) is 5.11 Å². The summed E-state index contributed by atoms with van der Waals surface area (Å²) < 4.78 is 1.18. The summed E-state index contributed by atoms with van der Waals surface area (Å²) in [5, 5.41) is 10.8. The highest BCUT2D eigenvalue weighted by molar-refractivity contribution is 14.1. The van der Waals surface area contributed by atoms with Gasteiger partial charge < -0.3 is 5.11 Å². The van der Waals surface area contributed by atoms with Gasteiger partial charge in [0.15, 0.2) is 0 Å². The highest BCUT2D eigenvalue weighted by atomic mass is 127. The Hall–Kier alpha value is -0.870. The minimum atomic E-state index is -0.832.